The highest BCUT2D eigenvalue weighted by Gasteiger charge is 2.31. The fraction of sp³-hybridized carbons (Fsp3) is 0.500. The smallest absolute Gasteiger partial charge is 0.320 e. The van der Waals surface area contributed by atoms with Gasteiger partial charge in [0, 0.05) is 17.8 Å². The van der Waals surface area contributed by atoms with Crippen LogP contribution in [0.15, 0.2) is 24.3 Å². The summed E-state index contributed by atoms with van der Waals surface area (Å²) in [4.78, 5) is 25.6. The summed E-state index contributed by atoms with van der Waals surface area (Å²) in [6, 6.07) is 7.48. The molecule has 1 aromatic carbocycles. The average molecular weight is 306 g/mol. The van der Waals surface area contributed by atoms with E-state index in [1.807, 2.05) is 17.0 Å². The predicted molar refractivity (Wildman–Crippen MR) is 82.9 cm³/mol. The van der Waals surface area contributed by atoms with Gasteiger partial charge in [0.1, 0.15) is 5.75 Å². The highest BCUT2D eigenvalue weighted by Crippen LogP contribution is 2.26. The number of carbonyl (C=O) groups is 2. The van der Waals surface area contributed by atoms with Gasteiger partial charge in [-0.2, -0.15) is 0 Å². The van der Waals surface area contributed by atoms with Gasteiger partial charge in [0.2, 0.25) is 5.91 Å². The van der Waals surface area contributed by atoms with Crippen molar-refractivity contribution in [3.63, 3.8) is 0 Å². The Balaban J connectivity index is 1.89. The van der Waals surface area contributed by atoms with Crippen molar-refractivity contribution in [1.82, 2.24) is 4.90 Å². The largest absolute Gasteiger partial charge is 0.497 e. The summed E-state index contributed by atoms with van der Waals surface area (Å²) in [5.41, 5.74) is 0.677. The Labute approximate surface area is 130 Å². The summed E-state index contributed by atoms with van der Waals surface area (Å²) >= 11 is 0. The maximum atomic E-state index is 12.1. The molecule has 6 nitrogen and oxygen atoms in total. The van der Waals surface area contributed by atoms with Gasteiger partial charge in [0.05, 0.1) is 26.8 Å². The molecule has 2 rings (SSSR count). The number of anilines is 1. The Hall–Kier alpha value is -2.08. The van der Waals surface area contributed by atoms with Crippen molar-refractivity contribution in [3.05, 3.63) is 24.3 Å². The molecule has 1 amide bonds. The summed E-state index contributed by atoms with van der Waals surface area (Å²) < 4.78 is 10.1. The van der Waals surface area contributed by atoms with E-state index in [4.69, 9.17) is 9.47 Å². The summed E-state index contributed by atoms with van der Waals surface area (Å²) in [6.07, 6.45) is 2.04. The summed E-state index contributed by atoms with van der Waals surface area (Å²) in [5, 5.41) is 2.82. The standard InChI is InChI=1S/C16H22N2O4/c1-3-22-16(20)11-18(13-7-8-13)10-15(19)17-12-5-4-6-14(9-12)21-2/h4-6,9,13H,3,7-8,10-11H2,1-2H3,(H,17,19). The summed E-state index contributed by atoms with van der Waals surface area (Å²) in [7, 11) is 1.58. The Morgan fingerprint density at radius 2 is 2.09 bits per heavy atom. The van der Waals surface area contributed by atoms with Crippen LogP contribution in [0.4, 0.5) is 5.69 Å². The molecule has 0 atom stereocenters. The summed E-state index contributed by atoms with van der Waals surface area (Å²) in [5.74, 6) is 0.247. The van der Waals surface area contributed by atoms with Crippen molar-refractivity contribution in [1.29, 1.82) is 0 Å². The lowest BCUT2D eigenvalue weighted by molar-refractivity contribution is -0.144. The molecule has 1 fully saturated rings. The SMILES string of the molecule is CCOC(=O)CN(CC(=O)Nc1cccc(OC)c1)C1CC1. The molecule has 0 saturated heterocycles. The molecule has 0 heterocycles. The molecule has 1 aliphatic carbocycles. The monoisotopic (exact) mass is 306 g/mol. The van der Waals surface area contributed by atoms with Crippen LogP contribution in [-0.2, 0) is 14.3 Å². The van der Waals surface area contributed by atoms with Crippen LogP contribution in [0.3, 0.4) is 0 Å². The van der Waals surface area contributed by atoms with Gasteiger partial charge in [-0.15, -0.1) is 0 Å². The second-order valence-corrected chi connectivity index (χ2v) is 5.22. The first-order chi connectivity index (χ1) is 10.6. The first kappa shape index (κ1) is 16.3. The van der Waals surface area contributed by atoms with Crippen LogP contribution in [0.25, 0.3) is 0 Å². The zero-order valence-corrected chi connectivity index (χ0v) is 13.0. The van der Waals surface area contributed by atoms with Crippen molar-refractivity contribution in [2.24, 2.45) is 0 Å². The molecule has 0 radical (unpaired) electrons. The number of rotatable bonds is 8. The lowest BCUT2D eigenvalue weighted by atomic mass is 10.3. The molecule has 1 saturated carbocycles. The third-order valence-corrected chi connectivity index (χ3v) is 3.40. The lowest BCUT2D eigenvalue weighted by Crippen LogP contribution is -2.39. The van der Waals surface area contributed by atoms with Gasteiger partial charge >= 0.3 is 5.97 Å². The molecule has 0 unspecified atom stereocenters. The third-order valence-electron chi connectivity index (χ3n) is 3.40. The first-order valence-electron chi connectivity index (χ1n) is 7.46. The molecular formula is C16H22N2O4. The minimum absolute atomic E-state index is 0.149. The molecule has 120 valence electrons. The van der Waals surface area contributed by atoms with Crippen molar-refractivity contribution >= 4 is 17.6 Å². The minimum atomic E-state index is -0.288. The van der Waals surface area contributed by atoms with Crippen LogP contribution in [0, 0.1) is 0 Å². The Morgan fingerprint density at radius 1 is 1.32 bits per heavy atom. The van der Waals surface area contributed by atoms with Gasteiger partial charge in [-0.05, 0) is 31.9 Å². The molecule has 6 heteroatoms. The topological polar surface area (TPSA) is 67.9 Å². The molecule has 0 aliphatic heterocycles. The van der Waals surface area contributed by atoms with Crippen LogP contribution < -0.4 is 10.1 Å². The van der Waals surface area contributed by atoms with Gasteiger partial charge in [-0.25, -0.2) is 0 Å². The first-order valence-corrected chi connectivity index (χ1v) is 7.46. The number of esters is 1. The van der Waals surface area contributed by atoms with Crippen LogP contribution in [0.2, 0.25) is 0 Å². The normalized spacial score (nSPS) is 13.8. The Morgan fingerprint density at radius 3 is 2.73 bits per heavy atom. The van der Waals surface area contributed by atoms with Crippen LogP contribution >= 0.6 is 0 Å². The van der Waals surface area contributed by atoms with Crippen LogP contribution in [-0.4, -0.2) is 49.6 Å². The van der Waals surface area contributed by atoms with E-state index in [1.165, 1.54) is 0 Å². The van der Waals surface area contributed by atoms with Crippen molar-refractivity contribution in [3.8, 4) is 5.75 Å². The average Bonchev–Trinajstić information content (AvgIpc) is 3.31. The van der Waals surface area contributed by atoms with Crippen LogP contribution in [0.5, 0.6) is 5.75 Å². The maximum Gasteiger partial charge on any atom is 0.320 e. The van der Waals surface area contributed by atoms with E-state index < -0.39 is 0 Å². The zero-order valence-electron chi connectivity index (χ0n) is 13.0. The van der Waals surface area contributed by atoms with E-state index in [2.05, 4.69) is 5.32 Å². The van der Waals surface area contributed by atoms with Crippen molar-refractivity contribution < 1.29 is 19.1 Å². The van der Waals surface area contributed by atoms with E-state index in [1.54, 1.807) is 26.2 Å². The second kappa shape index (κ2) is 7.79. The summed E-state index contributed by atoms with van der Waals surface area (Å²) in [6.45, 7) is 2.47. The molecule has 0 bridgehead atoms. The number of nitrogens with zero attached hydrogens (tertiary/aromatic N) is 1. The highest BCUT2D eigenvalue weighted by atomic mass is 16.5. The van der Waals surface area contributed by atoms with Crippen LogP contribution in [0.1, 0.15) is 19.8 Å². The number of benzene rings is 1. The van der Waals surface area contributed by atoms with E-state index >= 15 is 0 Å². The Bertz CT molecular complexity index is 529. The fourth-order valence-electron chi connectivity index (χ4n) is 2.21. The Kier molecular flexibility index (Phi) is 5.77. The molecule has 0 spiro atoms. The van der Waals surface area contributed by atoms with Gasteiger partial charge in [-0.1, -0.05) is 6.07 Å². The number of nitrogens with one attached hydrogen (secondary N) is 1. The van der Waals surface area contributed by atoms with Gasteiger partial charge in [-0.3, -0.25) is 14.5 Å². The number of hydrogen-bond acceptors (Lipinski definition) is 5. The predicted octanol–water partition coefficient (Wildman–Crippen LogP) is 1.66. The lowest BCUT2D eigenvalue weighted by Gasteiger charge is -2.20. The molecule has 1 aromatic rings. The van der Waals surface area contributed by atoms with E-state index in [0.717, 1.165) is 12.8 Å². The van der Waals surface area contributed by atoms with E-state index in [9.17, 15) is 9.59 Å². The van der Waals surface area contributed by atoms with Gasteiger partial charge in [0.25, 0.3) is 0 Å². The highest BCUT2D eigenvalue weighted by molar-refractivity contribution is 5.92. The molecule has 1 N–H and O–H groups in total. The number of ether oxygens (including phenoxy) is 2. The number of hydrogen-bond donors (Lipinski definition) is 1. The molecule has 1 aliphatic rings. The third kappa shape index (κ3) is 5.04. The molecule has 22 heavy (non-hydrogen) atoms. The number of methoxy groups -OCH3 is 1. The number of amides is 1. The second-order valence-electron chi connectivity index (χ2n) is 5.22. The maximum absolute atomic E-state index is 12.1. The molecular weight excluding hydrogens is 284 g/mol. The fourth-order valence-corrected chi connectivity index (χ4v) is 2.21. The van der Waals surface area contributed by atoms with E-state index in [0.29, 0.717) is 24.1 Å². The molecule has 0 aromatic heterocycles. The van der Waals surface area contributed by atoms with Gasteiger partial charge < -0.3 is 14.8 Å². The van der Waals surface area contributed by atoms with Crippen molar-refractivity contribution in [2.75, 3.05) is 32.1 Å². The minimum Gasteiger partial charge on any atom is -0.497 e. The number of carbonyl (C=O) groups excluding carboxylic acids is 2. The van der Waals surface area contributed by atoms with E-state index in [-0.39, 0.29) is 25.0 Å². The van der Waals surface area contributed by atoms with Crippen molar-refractivity contribution in [2.45, 2.75) is 25.8 Å². The quantitative estimate of drug-likeness (QED) is 0.740. The zero-order chi connectivity index (χ0) is 15.9. The van der Waals surface area contributed by atoms with Gasteiger partial charge in [0.15, 0.2) is 0 Å².